The van der Waals surface area contributed by atoms with Gasteiger partial charge in [-0.05, 0) is 0 Å². The Labute approximate surface area is 68.9 Å². The van der Waals surface area contributed by atoms with E-state index in [2.05, 4.69) is 0 Å². The van der Waals surface area contributed by atoms with Gasteiger partial charge in [0.1, 0.15) is 0 Å². The van der Waals surface area contributed by atoms with E-state index in [0.29, 0.717) is 0 Å². The average molecular weight is 217 g/mol. The van der Waals surface area contributed by atoms with Crippen molar-refractivity contribution < 1.29 is 69.5 Å². The zero-order chi connectivity index (χ0) is 0. The SMILES string of the molecule is [Cr].[Fe].[Ni].[V]. The molecule has 0 N–H and O–H groups in total. The van der Waals surface area contributed by atoms with Gasteiger partial charge in [0.15, 0.2) is 0 Å². The smallest absolute Gasteiger partial charge is 0 e. The second kappa shape index (κ2) is 19.3. The van der Waals surface area contributed by atoms with Gasteiger partial charge in [0, 0.05) is 69.5 Å². The van der Waals surface area contributed by atoms with Crippen LogP contribution in [0.1, 0.15) is 0 Å². The molecule has 0 bridgehead atoms. The average Bonchev–Trinajstić information content (AvgIpc) is 0. The summed E-state index contributed by atoms with van der Waals surface area (Å²) in [5, 5.41) is 0. The number of hydrogen-bond donors (Lipinski definition) is 0. The second-order valence-electron chi connectivity index (χ2n) is 0. The summed E-state index contributed by atoms with van der Waals surface area (Å²) in [5.74, 6) is 0. The van der Waals surface area contributed by atoms with E-state index in [0.717, 1.165) is 0 Å². The van der Waals surface area contributed by atoms with Gasteiger partial charge in [-0.2, -0.15) is 0 Å². The first-order valence-corrected chi connectivity index (χ1v) is 0. The molecule has 0 amide bonds. The van der Waals surface area contributed by atoms with Crippen LogP contribution in [0.25, 0.3) is 0 Å². The summed E-state index contributed by atoms with van der Waals surface area (Å²) in [4.78, 5) is 0. The number of hydrogen-bond acceptors (Lipinski definition) is 0. The molecule has 4 heteroatoms. The van der Waals surface area contributed by atoms with Gasteiger partial charge in [-0.25, -0.2) is 0 Å². The molecule has 0 aliphatic carbocycles. The van der Waals surface area contributed by atoms with E-state index in [9.17, 15) is 0 Å². The van der Waals surface area contributed by atoms with Crippen molar-refractivity contribution >= 4 is 0 Å². The van der Waals surface area contributed by atoms with E-state index in [-0.39, 0.29) is 69.5 Å². The third kappa shape index (κ3) is 8.92. The minimum Gasteiger partial charge on any atom is 0 e. The van der Waals surface area contributed by atoms with Crippen molar-refractivity contribution in [1.82, 2.24) is 0 Å². The Morgan fingerprint density at radius 1 is 1.00 bits per heavy atom. The molecule has 0 heterocycles. The first kappa shape index (κ1) is 35.6. The van der Waals surface area contributed by atoms with Crippen LogP contribution < -0.4 is 0 Å². The quantitative estimate of drug-likeness (QED) is 0.501. The molecule has 0 rings (SSSR count). The zero-order valence-corrected chi connectivity index (χ0v) is 6.29. The van der Waals surface area contributed by atoms with Crippen molar-refractivity contribution in [3.8, 4) is 0 Å². The van der Waals surface area contributed by atoms with Crippen LogP contribution in [-0.4, -0.2) is 0 Å². The zero-order valence-electron chi connectivity index (χ0n) is 1.53. The van der Waals surface area contributed by atoms with Crippen molar-refractivity contribution in [2.45, 2.75) is 0 Å². The maximum absolute atomic E-state index is 0. The minimum atomic E-state index is 0. The fourth-order valence-electron chi connectivity index (χ4n) is 0. The van der Waals surface area contributed by atoms with Gasteiger partial charge in [-0.3, -0.25) is 0 Å². The first-order chi connectivity index (χ1) is 0. The third-order valence-electron chi connectivity index (χ3n) is 0. The topological polar surface area (TPSA) is 0 Å². The van der Waals surface area contributed by atoms with Crippen molar-refractivity contribution in [2.24, 2.45) is 0 Å². The summed E-state index contributed by atoms with van der Waals surface area (Å²) >= 11 is 0. The van der Waals surface area contributed by atoms with Crippen molar-refractivity contribution in [3.05, 3.63) is 0 Å². The van der Waals surface area contributed by atoms with Crippen molar-refractivity contribution in [1.29, 1.82) is 0 Å². The Morgan fingerprint density at radius 2 is 1.00 bits per heavy atom. The summed E-state index contributed by atoms with van der Waals surface area (Å²) in [7, 11) is 0. The van der Waals surface area contributed by atoms with Gasteiger partial charge in [0.25, 0.3) is 0 Å². The summed E-state index contributed by atoms with van der Waals surface area (Å²) in [6.45, 7) is 0. The summed E-state index contributed by atoms with van der Waals surface area (Å²) in [6.07, 6.45) is 0. The molecule has 0 aromatic carbocycles. The Bertz CT molecular complexity index is 8.00. The molecule has 0 fully saturated rings. The molecule has 1 radical (unpaired) electrons. The molecule has 4 heavy (non-hydrogen) atoms. The Balaban J connectivity index is 0. The minimum absolute atomic E-state index is 0. The van der Waals surface area contributed by atoms with Crippen molar-refractivity contribution in [2.75, 3.05) is 0 Å². The fourth-order valence-corrected chi connectivity index (χ4v) is 0. The van der Waals surface area contributed by atoms with Crippen LogP contribution in [0.5, 0.6) is 0 Å². The van der Waals surface area contributed by atoms with E-state index in [4.69, 9.17) is 0 Å². The molecule has 0 unspecified atom stereocenters. The van der Waals surface area contributed by atoms with Crippen LogP contribution in [0.2, 0.25) is 0 Å². The van der Waals surface area contributed by atoms with Crippen LogP contribution in [0.15, 0.2) is 0 Å². The van der Waals surface area contributed by atoms with Gasteiger partial charge in [0.2, 0.25) is 0 Å². The summed E-state index contributed by atoms with van der Waals surface area (Å²) in [5.41, 5.74) is 0. The van der Waals surface area contributed by atoms with Gasteiger partial charge in [0.05, 0.1) is 0 Å². The van der Waals surface area contributed by atoms with Gasteiger partial charge in [-0.15, -0.1) is 0 Å². The van der Waals surface area contributed by atoms with E-state index in [1.165, 1.54) is 0 Å². The predicted molar refractivity (Wildman–Crippen MR) is 0 cm³/mol. The molecule has 0 atom stereocenters. The van der Waals surface area contributed by atoms with E-state index in [1.807, 2.05) is 0 Å². The van der Waals surface area contributed by atoms with E-state index in [1.54, 1.807) is 0 Å². The van der Waals surface area contributed by atoms with Crippen LogP contribution >= 0.6 is 0 Å². The van der Waals surface area contributed by atoms with Crippen LogP contribution in [-0.2, 0) is 69.5 Å². The predicted octanol–water partition coefficient (Wildman–Crippen LogP) is -0.0100. The fraction of sp³-hybridized carbons (Fsp3) is 0. The molecule has 0 aromatic rings. The largest absolute Gasteiger partial charge is 0 e. The molecular weight excluding hydrogens is 217 g/mol. The van der Waals surface area contributed by atoms with E-state index < -0.39 is 0 Å². The standard InChI is InChI=1S/Cr.Fe.Ni.V. The second-order valence-corrected chi connectivity index (χ2v) is 0. The molecule has 0 aliphatic heterocycles. The molecule has 0 aromatic heterocycles. The summed E-state index contributed by atoms with van der Waals surface area (Å²) in [6, 6.07) is 0. The molecule has 0 saturated carbocycles. The van der Waals surface area contributed by atoms with Crippen molar-refractivity contribution in [3.63, 3.8) is 0 Å². The third-order valence-corrected chi connectivity index (χ3v) is 0. The Morgan fingerprint density at radius 3 is 1.00 bits per heavy atom. The van der Waals surface area contributed by atoms with E-state index >= 15 is 0 Å². The molecule has 29 valence electrons. The molecule has 0 saturated heterocycles. The molecule has 0 nitrogen and oxygen atoms in total. The molecule has 0 spiro atoms. The molecule has 0 aliphatic rings. The van der Waals surface area contributed by atoms with Crippen LogP contribution in [0, 0.1) is 0 Å². The Hall–Kier alpha value is 2.13. The first-order valence-electron chi connectivity index (χ1n) is 0. The molecular formula is CrFeNiV. The maximum atomic E-state index is 0. The normalized spacial score (nSPS) is 0. The summed E-state index contributed by atoms with van der Waals surface area (Å²) < 4.78 is 0. The van der Waals surface area contributed by atoms with Gasteiger partial charge >= 0.3 is 0 Å². The maximum Gasteiger partial charge on any atom is 0 e. The monoisotopic (exact) mass is 217 g/mol. The number of rotatable bonds is 0. The van der Waals surface area contributed by atoms with Gasteiger partial charge < -0.3 is 0 Å². The van der Waals surface area contributed by atoms with Gasteiger partial charge in [-0.1, -0.05) is 0 Å². The van der Waals surface area contributed by atoms with Crippen LogP contribution in [0.3, 0.4) is 0 Å². The van der Waals surface area contributed by atoms with Crippen LogP contribution in [0.4, 0.5) is 0 Å². The Kier molecular flexibility index (Phi) is 171.